The van der Waals surface area contributed by atoms with Crippen LogP contribution in [0.15, 0.2) is 42.0 Å². The average molecular weight is 704 g/mol. The molecule has 0 bridgehead atoms. The number of tetrazole rings is 1. The molecule has 252 valence electrons. The predicted octanol–water partition coefficient (Wildman–Crippen LogP) is 5.78. The lowest BCUT2D eigenvalue weighted by molar-refractivity contribution is -0.143. The van der Waals surface area contributed by atoms with Crippen LogP contribution >= 0.6 is 11.3 Å². The highest BCUT2D eigenvalue weighted by Crippen LogP contribution is 2.41. The molecule has 20 heteroatoms. The number of thiazole rings is 1. The Morgan fingerprint density at radius 2 is 1.63 bits per heavy atom. The third-order valence-electron chi connectivity index (χ3n) is 6.79. The van der Waals surface area contributed by atoms with Crippen LogP contribution in [0.3, 0.4) is 0 Å². The summed E-state index contributed by atoms with van der Waals surface area (Å²) in [5, 5.41) is 11.8. The van der Waals surface area contributed by atoms with Crippen molar-refractivity contribution in [3.63, 3.8) is 0 Å². The van der Waals surface area contributed by atoms with Crippen molar-refractivity contribution in [1.29, 1.82) is 0 Å². The van der Waals surface area contributed by atoms with Gasteiger partial charge in [-0.1, -0.05) is 30.3 Å². The zero-order valence-corrected chi connectivity index (χ0v) is 25.8. The molecule has 2 heterocycles. The van der Waals surface area contributed by atoms with Gasteiger partial charge in [-0.15, -0.1) is 16.4 Å². The van der Waals surface area contributed by atoms with Crippen LogP contribution in [0.4, 0.5) is 45.5 Å². The Morgan fingerprint density at radius 3 is 2.13 bits per heavy atom. The minimum atomic E-state index is -5.12. The molecule has 1 aliphatic carbocycles. The van der Waals surface area contributed by atoms with E-state index in [2.05, 4.69) is 25.1 Å². The standard InChI is InChI=1S/C26H26F9N7O2S2/c1-4-20-22(37-21(45-20)11-36-46(3,43)44)19-6-5-16(24(27,28)29)9-15(19)13-42(23-38-40-41(2)39-23)12-14-7-17(25(30,31)32)10-18(8-14)26(33,34)35/h5-10,15,19,36H,4,11-13H2,1-3H3. The molecule has 9 nitrogen and oxygen atoms in total. The van der Waals surface area contributed by atoms with E-state index >= 15 is 0 Å². The van der Waals surface area contributed by atoms with E-state index in [1.165, 1.54) is 13.1 Å². The van der Waals surface area contributed by atoms with Crippen LogP contribution in [0.1, 0.15) is 45.1 Å². The molecule has 0 saturated heterocycles. The first-order chi connectivity index (χ1) is 21.1. The number of hydrogen-bond donors (Lipinski definition) is 1. The summed E-state index contributed by atoms with van der Waals surface area (Å²) in [7, 11) is -2.24. The molecule has 2 aromatic heterocycles. The zero-order valence-electron chi connectivity index (χ0n) is 24.2. The quantitative estimate of drug-likeness (QED) is 0.267. The van der Waals surface area contributed by atoms with Crippen LogP contribution in [0.25, 0.3) is 0 Å². The van der Waals surface area contributed by atoms with Crippen molar-refractivity contribution in [2.45, 2.75) is 50.9 Å². The molecular formula is C26H26F9N7O2S2. The number of nitrogens with one attached hydrogen (secondary N) is 1. The molecule has 0 fully saturated rings. The first-order valence-corrected chi connectivity index (χ1v) is 16.0. The number of aromatic nitrogens is 5. The third kappa shape index (κ3) is 8.84. The molecule has 0 spiro atoms. The van der Waals surface area contributed by atoms with E-state index < -0.39 is 75.7 Å². The molecule has 4 rings (SSSR count). The Bertz CT molecular complexity index is 1690. The SMILES string of the molecule is CCc1sc(CNS(C)(=O)=O)nc1C1C=CC(C(F)(F)F)=CC1CN(Cc1cc(C(F)(F)F)cc(C(F)(F)F)c1)c1nnn(C)n1. The van der Waals surface area contributed by atoms with Crippen molar-refractivity contribution in [1.82, 2.24) is 29.9 Å². The summed E-state index contributed by atoms with van der Waals surface area (Å²) in [5.74, 6) is -2.20. The summed E-state index contributed by atoms with van der Waals surface area (Å²) in [5.41, 5.74) is -4.25. The molecule has 46 heavy (non-hydrogen) atoms. The van der Waals surface area contributed by atoms with Gasteiger partial charge in [0.05, 0.1) is 42.2 Å². The van der Waals surface area contributed by atoms with Gasteiger partial charge >= 0.3 is 18.5 Å². The number of nitrogens with zero attached hydrogens (tertiary/aromatic N) is 6. The first-order valence-electron chi connectivity index (χ1n) is 13.3. The lowest BCUT2D eigenvalue weighted by Crippen LogP contribution is -2.34. The third-order valence-corrected chi connectivity index (χ3v) is 8.68. The summed E-state index contributed by atoms with van der Waals surface area (Å²) in [6.07, 6.45) is -10.7. The molecule has 1 aliphatic rings. The highest BCUT2D eigenvalue weighted by Gasteiger charge is 2.39. The molecule has 1 N–H and O–H groups in total. The molecule has 0 radical (unpaired) electrons. The number of allylic oxidation sites excluding steroid dienone is 3. The van der Waals surface area contributed by atoms with E-state index in [1.807, 2.05) is 0 Å². The molecule has 2 unspecified atom stereocenters. The second-order valence-electron chi connectivity index (χ2n) is 10.4. The minimum Gasteiger partial charge on any atom is -0.333 e. The molecule has 0 aliphatic heterocycles. The summed E-state index contributed by atoms with van der Waals surface area (Å²) >= 11 is 1.15. The molecule has 0 amide bonds. The number of benzene rings is 1. The van der Waals surface area contributed by atoms with Crippen LogP contribution in [0, 0.1) is 5.92 Å². The fraction of sp³-hybridized carbons (Fsp3) is 0.462. The van der Waals surface area contributed by atoms with Crippen LogP contribution in [-0.4, -0.2) is 52.6 Å². The first kappa shape index (κ1) is 35.3. The molecule has 1 aromatic carbocycles. The maximum atomic E-state index is 13.9. The topological polar surface area (TPSA) is 106 Å². The van der Waals surface area contributed by atoms with Gasteiger partial charge in [-0.3, -0.25) is 0 Å². The maximum Gasteiger partial charge on any atom is 0.416 e. The number of anilines is 1. The van der Waals surface area contributed by atoms with Gasteiger partial charge in [0.15, 0.2) is 0 Å². The summed E-state index contributed by atoms with van der Waals surface area (Å²) in [6, 6.07) is 1.01. The number of aryl methyl sites for hydroxylation is 2. The van der Waals surface area contributed by atoms with Crippen molar-refractivity contribution in [3.8, 4) is 0 Å². The number of halogens is 9. The van der Waals surface area contributed by atoms with Crippen LogP contribution in [-0.2, 0) is 48.9 Å². The number of rotatable bonds is 10. The predicted molar refractivity (Wildman–Crippen MR) is 149 cm³/mol. The lowest BCUT2D eigenvalue weighted by Gasteiger charge is -2.32. The smallest absolute Gasteiger partial charge is 0.333 e. The second-order valence-corrected chi connectivity index (χ2v) is 13.4. The van der Waals surface area contributed by atoms with Crippen molar-refractivity contribution in [3.05, 3.63) is 74.3 Å². The fourth-order valence-corrected chi connectivity index (χ4v) is 6.28. The fourth-order valence-electron chi connectivity index (χ4n) is 4.79. The van der Waals surface area contributed by atoms with Gasteiger partial charge in [0.1, 0.15) is 5.01 Å². The zero-order chi connectivity index (χ0) is 34.2. The second kappa shape index (κ2) is 12.9. The number of sulfonamides is 1. The Balaban J connectivity index is 1.79. The van der Waals surface area contributed by atoms with Gasteiger partial charge in [0.2, 0.25) is 10.0 Å². The maximum absolute atomic E-state index is 13.9. The molecule has 2 atom stereocenters. The van der Waals surface area contributed by atoms with Gasteiger partial charge in [0, 0.05) is 29.8 Å². The van der Waals surface area contributed by atoms with E-state index in [0.717, 1.165) is 39.4 Å². The Kier molecular flexibility index (Phi) is 9.94. The lowest BCUT2D eigenvalue weighted by atomic mass is 9.82. The highest BCUT2D eigenvalue weighted by atomic mass is 32.2. The van der Waals surface area contributed by atoms with Gasteiger partial charge in [0.25, 0.3) is 5.95 Å². The van der Waals surface area contributed by atoms with E-state index in [-0.39, 0.29) is 18.6 Å². The number of alkyl halides is 9. The van der Waals surface area contributed by atoms with Crippen LogP contribution < -0.4 is 9.62 Å². The van der Waals surface area contributed by atoms with Crippen LogP contribution in [0.5, 0.6) is 0 Å². The Hall–Kier alpha value is -3.52. The van der Waals surface area contributed by atoms with Crippen molar-refractivity contribution >= 4 is 27.3 Å². The Morgan fingerprint density at radius 1 is 1.00 bits per heavy atom. The molecule has 0 saturated carbocycles. The highest BCUT2D eigenvalue weighted by molar-refractivity contribution is 7.88. The van der Waals surface area contributed by atoms with Crippen molar-refractivity contribution in [2.75, 3.05) is 17.7 Å². The van der Waals surface area contributed by atoms with E-state index in [4.69, 9.17) is 0 Å². The minimum absolute atomic E-state index is 0.0283. The van der Waals surface area contributed by atoms with E-state index in [1.54, 1.807) is 6.92 Å². The van der Waals surface area contributed by atoms with Crippen molar-refractivity contribution < 1.29 is 47.9 Å². The summed E-state index contributed by atoms with van der Waals surface area (Å²) in [4.78, 5) is 7.27. The Labute approximate surface area is 260 Å². The van der Waals surface area contributed by atoms with Gasteiger partial charge in [-0.05, 0) is 35.4 Å². The van der Waals surface area contributed by atoms with E-state index in [9.17, 15) is 47.9 Å². The van der Waals surface area contributed by atoms with E-state index in [0.29, 0.717) is 34.1 Å². The normalized spacial score (nSPS) is 17.8. The molecule has 3 aromatic rings. The average Bonchev–Trinajstić information content (AvgIpc) is 3.55. The summed E-state index contributed by atoms with van der Waals surface area (Å²) < 4.78 is 149. The van der Waals surface area contributed by atoms with Crippen LogP contribution in [0.2, 0.25) is 0 Å². The summed E-state index contributed by atoms with van der Waals surface area (Å²) in [6.45, 7) is 0.538. The largest absolute Gasteiger partial charge is 0.416 e. The monoisotopic (exact) mass is 703 g/mol. The molecular weight excluding hydrogens is 677 g/mol. The van der Waals surface area contributed by atoms with Gasteiger partial charge in [-0.2, -0.15) is 44.3 Å². The number of hydrogen-bond acceptors (Lipinski definition) is 8. The van der Waals surface area contributed by atoms with Crippen molar-refractivity contribution in [2.24, 2.45) is 13.0 Å². The van der Waals surface area contributed by atoms with Gasteiger partial charge < -0.3 is 4.90 Å². The van der Waals surface area contributed by atoms with Gasteiger partial charge in [-0.25, -0.2) is 18.1 Å².